The van der Waals surface area contributed by atoms with Crippen molar-refractivity contribution in [2.75, 3.05) is 6.61 Å². The molecular formula is C14H13ClF3NO2. The van der Waals surface area contributed by atoms with Gasteiger partial charge in [0.2, 0.25) is 0 Å². The van der Waals surface area contributed by atoms with Gasteiger partial charge in [0.05, 0.1) is 24.5 Å². The van der Waals surface area contributed by atoms with E-state index in [-0.39, 0.29) is 18.2 Å². The van der Waals surface area contributed by atoms with E-state index in [0.29, 0.717) is 11.3 Å². The molecule has 2 rings (SSSR count). The largest absolute Gasteiger partial charge is 0.468 e. The summed E-state index contributed by atoms with van der Waals surface area (Å²) in [5, 5.41) is 12.4. The topological polar surface area (TPSA) is 45.4 Å². The van der Waals surface area contributed by atoms with Gasteiger partial charge in [0, 0.05) is 11.6 Å². The Morgan fingerprint density at radius 1 is 1.29 bits per heavy atom. The number of alkyl halides is 3. The van der Waals surface area contributed by atoms with Crippen molar-refractivity contribution in [2.24, 2.45) is 0 Å². The molecule has 1 aromatic heterocycles. The van der Waals surface area contributed by atoms with Crippen molar-refractivity contribution >= 4 is 11.6 Å². The van der Waals surface area contributed by atoms with E-state index in [0.717, 1.165) is 12.1 Å². The van der Waals surface area contributed by atoms with Crippen LogP contribution in [0.15, 0.2) is 41.0 Å². The van der Waals surface area contributed by atoms with Crippen LogP contribution in [0.2, 0.25) is 5.02 Å². The second-order valence-corrected chi connectivity index (χ2v) is 4.84. The average Bonchev–Trinajstić information content (AvgIpc) is 2.94. The van der Waals surface area contributed by atoms with Gasteiger partial charge in [0.15, 0.2) is 0 Å². The molecule has 0 amide bonds. The van der Waals surface area contributed by atoms with E-state index >= 15 is 0 Å². The highest BCUT2D eigenvalue weighted by molar-refractivity contribution is 6.31. The SMILES string of the molecule is OCC(NCc1cc(C(F)(F)F)ccc1Cl)c1ccco1. The van der Waals surface area contributed by atoms with Crippen LogP contribution in [0.25, 0.3) is 0 Å². The lowest BCUT2D eigenvalue weighted by molar-refractivity contribution is -0.137. The maximum absolute atomic E-state index is 12.7. The van der Waals surface area contributed by atoms with Crippen LogP contribution >= 0.6 is 11.6 Å². The lowest BCUT2D eigenvalue weighted by Gasteiger charge is -2.16. The van der Waals surface area contributed by atoms with Gasteiger partial charge in [0.1, 0.15) is 5.76 Å². The highest BCUT2D eigenvalue weighted by Crippen LogP contribution is 2.31. The monoisotopic (exact) mass is 319 g/mol. The summed E-state index contributed by atoms with van der Waals surface area (Å²) in [6.45, 7) is -0.168. The van der Waals surface area contributed by atoms with Gasteiger partial charge in [-0.3, -0.25) is 0 Å². The fourth-order valence-electron chi connectivity index (χ4n) is 1.86. The number of halogens is 4. The third-order valence-electron chi connectivity index (χ3n) is 2.98. The molecule has 0 aliphatic heterocycles. The number of benzene rings is 1. The number of hydrogen-bond acceptors (Lipinski definition) is 3. The molecule has 21 heavy (non-hydrogen) atoms. The predicted octanol–water partition coefficient (Wildman–Crippen LogP) is 3.78. The second-order valence-electron chi connectivity index (χ2n) is 4.44. The van der Waals surface area contributed by atoms with Gasteiger partial charge in [-0.2, -0.15) is 13.2 Å². The van der Waals surface area contributed by atoms with Crippen molar-refractivity contribution in [2.45, 2.75) is 18.8 Å². The third-order valence-corrected chi connectivity index (χ3v) is 3.35. The average molecular weight is 320 g/mol. The molecule has 0 saturated heterocycles. The second kappa shape index (κ2) is 6.51. The number of hydrogen-bond donors (Lipinski definition) is 2. The summed E-state index contributed by atoms with van der Waals surface area (Å²) in [5.41, 5.74) is -0.459. The van der Waals surface area contributed by atoms with Gasteiger partial charge in [0.25, 0.3) is 0 Å². The quantitative estimate of drug-likeness (QED) is 0.881. The zero-order valence-electron chi connectivity index (χ0n) is 10.8. The lowest BCUT2D eigenvalue weighted by Crippen LogP contribution is -2.24. The van der Waals surface area contributed by atoms with Crippen molar-refractivity contribution in [1.82, 2.24) is 5.32 Å². The zero-order chi connectivity index (χ0) is 15.5. The highest BCUT2D eigenvalue weighted by Gasteiger charge is 2.30. The Labute approximate surface area is 124 Å². The number of aliphatic hydroxyl groups excluding tert-OH is 1. The highest BCUT2D eigenvalue weighted by atomic mass is 35.5. The van der Waals surface area contributed by atoms with Gasteiger partial charge < -0.3 is 14.8 Å². The van der Waals surface area contributed by atoms with Crippen LogP contribution in [-0.2, 0) is 12.7 Å². The maximum atomic E-state index is 12.7. The third kappa shape index (κ3) is 4.00. The van der Waals surface area contributed by atoms with Crippen molar-refractivity contribution in [3.63, 3.8) is 0 Å². The first kappa shape index (κ1) is 15.9. The van der Waals surface area contributed by atoms with Gasteiger partial charge in [-0.15, -0.1) is 0 Å². The Morgan fingerprint density at radius 2 is 2.05 bits per heavy atom. The van der Waals surface area contributed by atoms with Crippen LogP contribution in [0.1, 0.15) is 22.9 Å². The molecule has 0 spiro atoms. The number of nitrogens with one attached hydrogen (secondary N) is 1. The van der Waals surface area contributed by atoms with E-state index in [1.54, 1.807) is 12.1 Å². The molecule has 1 unspecified atom stereocenters. The van der Waals surface area contributed by atoms with Crippen LogP contribution in [0.5, 0.6) is 0 Å². The summed E-state index contributed by atoms with van der Waals surface area (Å²) in [6.07, 6.45) is -2.96. The molecule has 2 N–H and O–H groups in total. The number of aliphatic hydroxyl groups is 1. The maximum Gasteiger partial charge on any atom is 0.416 e. The van der Waals surface area contributed by atoms with E-state index in [4.69, 9.17) is 16.0 Å². The molecule has 0 saturated carbocycles. The first-order valence-electron chi connectivity index (χ1n) is 6.15. The van der Waals surface area contributed by atoms with E-state index in [2.05, 4.69) is 5.32 Å². The summed E-state index contributed by atoms with van der Waals surface area (Å²) >= 11 is 5.90. The van der Waals surface area contributed by atoms with E-state index < -0.39 is 17.8 Å². The molecule has 7 heteroatoms. The summed E-state index contributed by atoms with van der Waals surface area (Å²) in [6, 6.07) is 5.96. The normalized spacial score (nSPS) is 13.4. The summed E-state index contributed by atoms with van der Waals surface area (Å²) in [5.74, 6) is 0.501. The Morgan fingerprint density at radius 3 is 2.62 bits per heavy atom. The van der Waals surface area contributed by atoms with Gasteiger partial charge in [-0.25, -0.2) is 0 Å². The van der Waals surface area contributed by atoms with E-state index in [9.17, 15) is 18.3 Å². The molecule has 114 valence electrons. The summed E-state index contributed by atoms with van der Waals surface area (Å²) in [4.78, 5) is 0. The Hall–Kier alpha value is -1.50. The summed E-state index contributed by atoms with van der Waals surface area (Å²) < 4.78 is 43.2. The zero-order valence-corrected chi connectivity index (χ0v) is 11.6. The van der Waals surface area contributed by atoms with Crippen molar-refractivity contribution in [1.29, 1.82) is 0 Å². The van der Waals surface area contributed by atoms with E-state index in [1.165, 1.54) is 12.3 Å². The standard InChI is InChI=1S/C14H13ClF3NO2/c15-11-4-3-10(14(16,17)18)6-9(11)7-19-12(8-20)13-2-1-5-21-13/h1-6,12,19-20H,7-8H2. The Bertz CT molecular complexity index is 584. The molecule has 3 nitrogen and oxygen atoms in total. The Balaban J connectivity index is 2.12. The number of rotatable bonds is 5. The molecule has 0 radical (unpaired) electrons. The smallest absolute Gasteiger partial charge is 0.416 e. The molecule has 1 atom stereocenters. The molecular weight excluding hydrogens is 307 g/mol. The van der Waals surface area contributed by atoms with Gasteiger partial charge in [-0.05, 0) is 35.9 Å². The minimum absolute atomic E-state index is 0.0781. The van der Waals surface area contributed by atoms with Crippen LogP contribution in [0.3, 0.4) is 0 Å². The molecule has 0 fully saturated rings. The molecule has 0 aliphatic rings. The number of furan rings is 1. The van der Waals surface area contributed by atoms with Crippen molar-refractivity contribution < 1.29 is 22.7 Å². The van der Waals surface area contributed by atoms with E-state index in [1.807, 2.05) is 0 Å². The van der Waals surface area contributed by atoms with Crippen LogP contribution in [0.4, 0.5) is 13.2 Å². The molecule has 0 aliphatic carbocycles. The summed E-state index contributed by atoms with van der Waals surface area (Å²) in [7, 11) is 0. The first-order chi connectivity index (χ1) is 9.91. The first-order valence-corrected chi connectivity index (χ1v) is 6.53. The fourth-order valence-corrected chi connectivity index (χ4v) is 2.05. The Kier molecular flexibility index (Phi) is 4.92. The van der Waals surface area contributed by atoms with Crippen molar-refractivity contribution in [3.8, 4) is 0 Å². The van der Waals surface area contributed by atoms with Crippen LogP contribution in [-0.4, -0.2) is 11.7 Å². The van der Waals surface area contributed by atoms with Gasteiger partial charge >= 0.3 is 6.18 Å². The molecule has 1 aromatic carbocycles. The fraction of sp³-hybridized carbons (Fsp3) is 0.286. The van der Waals surface area contributed by atoms with Crippen LogP contribution in [0, 0.1) is 0 Å². The lowest BCUT2D eigenvalue weighted by atomic mass is 10.1. The molecule has 0 bridgehead atoms. The predicted molar refractivity (Wildman–Crippen MR) is 71.8 cm³/mol. The minimum atomic E-state index is -4.42. The molecule has 2 aromatic rings. The minimum Gasteiger partial charge on any atom is -0.468 e. The van der Waals surface area contributed by atoms with Crippen molar-refractivity contribution in [3.05, 3.63) is 58.5 Å². The molecule has 1 heterocycles. The van der Waals surface area contributed by atoms with Gasteiger partial charge in [-0.1, -0.05) is 11.6 Å². The van der Waals surface area contributed by atoms with Crippen LogP contribution < -0.4 is 5.32 Å².